The number of aryl methyl sites for hydroxylation is 2. The van der Waals surface area contributed by atoms with E-state index in [-0.39, 0.29) is 0 Å². The molecule has 0 saturated heterocycles. The van der Waals surface area contributed by atoms with Gasteiger partial charge in [0.25, 0.3) is 0 Å². The fourth-order valence-corrected chi connectivity index (χ4v) is 3.17. The highest BCUT2D eigenvalue weighted by Crippen LogP contribution is 2.27. The molecule has 0 bridgehead atoms. The van der Waals surface area contributed by atoms with Crippen LogP contribution in [0.3, 0.4) is 0 Å². The van der Waals surface area contributed by atoms with Gasteiger partial charge in [-0.1, -0.05) is 6.58 Å². The molecule has 0 fully saturated rings. The van der Waals surface area contributed by atoms with Crippen LogP contribution in [-0.4, -0.2) is 46.0 Å². The monoisotopic (exact) mass is 391 g/mol. The lowest BCUT2D eigenvalue weighted by molar-refractivity contribution is 0.410. The number of aliphatic imine (C=N–C) groups is 2. The minimum absolute atomic E-state index is 0.565. The van der Waals surface area contributed by atoms with Crippen molar-refractivity contribution in [1.82, 2.24) is 25.1 Å². The average molecular weight is 391 g/mol. The van der Waals surface area contributed by atoms with Crippen molar-refractivity contribution < 1.29 is 4.74 Å². The van der Waals surface area contributed by atoms with Crippen LogP contribution in [0.1, 0.15) is 16.8 Å². The first kappa shape index (κ1) is 20.1. The molecule has 0 aliphatic rings. The topological polar surface area (TPSA) is 92.5 Å². The Balaban J connectivity index is 2.12. The van der Waals surface area contributed by atoms with E-state index in [1.165, 1.54) is 0 Å². The Labute approximate surface area is 170 Å². The molecule has 150 valence electrons. The summed E-state index contributed by atoms with van der Waals surface area (Å²) in [7, 11) is 5.29. The summed E-state index contributed by atoms with van der Waals surface area (Å²) in [5.74, 6) is 1.91. The molecule has 0 amide bonds. The molecule has 0 aliphatic heterocycles. The molecule has 3 aromatic rings. The van der Waals surface area contributed by atoms with E-state index in [0.717, 1.165) is 33.8 Å². The second-order valence-electron chi connectivity index (χ2n) is 6.61. The Kier molecular flexibility index (Phi) is 5.92. The van der Waals surface area contributed by atoms with Crippen LogP contribution >= 0.6 is 0 Å². The number of hydrogen-bond acceptors (Lipinski definition) is 5. The molecule has 0 saturated carbocycles. The lowest BCUT2D eigenvalue weighted by Crippen LogP contribution is -2.26. The molecule has 8 heteroatoms. The van der Waals surface area contributed by atoms with Crippen molar-refractivity contribution in [2.24, 2.45) is 17.0 Å². The van der Waals surface area contributed by atoms with Gasteiger partial charge in [-0.25, -0.2) is 9.98 Å². The number of nitrogens with zero attached hydrogens (tertiary/aromatic N) is 5. The number of aromatic amines is 1. The first-order valence-corrected chi connectivity index (χ1v) is 9.08. The standard InChI is InChI=1S/C21H25N7O/c1-13-9-19(23-11-18(13)29-6)26-21(25-14(2)10-22-4)20-15(3)16(12-28(20)5)17-7-8-24-27-17/h7-12H,2H2,1,3-6H3,(H,24,27)(H,23,25,26). The first-order valence-electron chi connectivity index (χ1n) is 9.08. The summed E-state index contributed by atoms with van der Waals surface area (Å²) in [5.41, 5.74) is 5.53. The van der Waals surface area contributed by atoms with E-state index < -0.39 is 0 Å². The Morgan fingerprint density at radius 1 is 1.38 bits per heavy atom. The minimum atomic E-state index is 0.565. The maximum atomic E-state index is 5.30. The van der Waals surface area contributed by atoms with Crippen molar-refractivity contribution in [2.75, 3.05) is 14.2 Å². The van der Waals surface area contributed by atoms with Gasteiger partial charge in [0, 0.05) is 38.3 Å². The SMILES string of the molecule is C=C(C=NC)NC(=Nc1cc(C)c(OC)cn1)c1c(C)c(-c2ccn[nH]2)cn1C. The van der Waals surface area contributed by atoms with E-state index in [2.05, 4.69) is 32.1 Å². The van der Waals surface area contributed by atoms with Crippen LogP contribution < -0.4 is 10.1 Å². The van der Waals surface area contributed by atoms with E-state index in [0.29, 0.717) is 17.4 Å². The average Bonchev–Trinajstić information content (AvgIpc) is 3.29. The first-order chi connectivity index (χ1) is 13.9. The van der Waals surface area contributed by atoms with Crippen molar-refractivity contribution in [3.63, 3.8) is 0 Å². The van der Waals surface area contributed by atoms with Crippen LogP contribution in [0.2, 0.25) is 0 Å². The predicted molar refractivity (Wildman–Crippen MR) is 116 cm³/mol. The van der Waals surface area contributed by atoms with Gasteiger partial charge >= 0.3 is 0 Å². The number of amidine groups is 1. The van der Waals surface area contributed by atoms with E-state index in [1.54, 1.807) is 32.8 Å². The van der Waals surface area contributed by atoms with E-state index in [9.17, 15) is 0 Å². The van der Waals surface area contributed by atoms with Crippen molar-refractivity contribution >= 4 is 17.9 Å². The highest BCUT2D eigenvalue weighted by molar-refractivity contribution is 6.04. The summed E-state index contributed by atoms with van der Waals surface area (Å²) < 4.78 is 7.32. The molecule has 0 spiro atoms. The van der Waals surface area contributed by atoms with Gasteiger partial charge < -0.3 is 14.6 Å². The molecule has 29 heavy (non-hydrogen) atoms. The molecule has 0 atom stereocenters. The van der Waals surface area contributed by atoms with Crippen LogP contribution in [0.15, 0.2) is 53.0 Å². The lowest BCUT2D eigenvalue weighted by atomic mass is 10.1. The number of methoxy groups -OCH3 is 1. The Bertz CT molecular complexity index is 1070. The fraction of sp³-hybridized carbons (Fsp3) is 0.238. The van der Waals surface area contributed by atoms with E-state index in [4.69, 9.17) is 9.73 Å². The number of pyridine rings is 1. The molecule has 0 aliphatic carbocycles. The molecule has 0 aromatic carbocycles. The summed E-state index contributed by atoms with van der Waals surface area (Å²) in [6, 6.07) is 3.82. The largest absolute Gasteiger partial charge is 0.495 e. The van der Waals surface area contributed by atoms with Crippen LogP contribution in [0.5, 0.6) is 5.75 Å². The second kappa shape index (κ2) is 8.55. The zero-order valence-corrected chi connectivity index (χ0v) is 17.3. The Hall–Kier alpha value is -3.68. The third-order valence-electron chi connectivity index (χ3n) is 4.51. The predicted octanol–water partition coefficient (Wildman–Crippen LogP) is 3.32. The molecule has 8 nitrogen and oxygen atoms in total. The summed E-state index contributed by atoms with van der Waals surface area (Å²) in [6.07, 6.45) is 7.09. The smallest absolute Gasteiger partial charge is 0.157 e. The Morgan fingerprint density at radius 2 is 2.17 bits per heavy atom. The maximum Gasteiger partial charge on any atom is 0.157 e. The van der Waals surface area contributed by atoms with Gasteiger partial charge in [0.15, 0.2) is 11.7 Å². The number of rotatable bonds is 6. The number of aromatic nitrogens is 4. The van der Waals surface area contributed by atoms with Crippen LogP contribution in [0.25, 0.3) is 11.3 Å². The summed E-state index contributed by atoms with van der Waals surface area (Å²) in [6.45, 7) is 8.01. The molecule has 2 N–H and O–H groups in total. The van der Waals surface area contributed by atoms with Crippen molar-refractivity contribution in [2.45, 2.75) is 13.8 Å². The molecule has 3 aromatic heterocycles. The number of H-pyrrole nitrogens is 1. The van der Waals surface area contributed by atoms with Gasteiger partial charge in [0.05, 0.1) is 30.4 Å². The summed E-state index contributed by atoms with van der Waals surface area (Å²) >= 11 is 0. The zero-order valence-electron chi connectivity index (χ0n) is 17.3. The number of nitrogens with one attached hydrogen (secondary N) is 2. The van der Waals surface area contributed by atoms with Gasteiger partial charge in [0.1, 0.15) is 5.75 Å². The second-order valence-corrected chi connectivity index (χ2v) is 6.61. The maximum absolute atomic E-state index is 5.30. The van der Waals surface area contributed by atoms with Gasteiger partial charge in [-0.3, -0.25) is 10.1 Å². The normalized spacial score (nSPS) is 11.8. The van der Waals surface area contributed by atoms with Gasteiger partial charge in [-0.05, 0) is 37.1 Å². The molecular weight excluding hydrogens is 366 g/mol. The minimum Gasteiger partial charge on any atom is -0.495 e. The lowest BCUT2D eigenvalue weighted by Gasteiger charge is -2.13. The van der Waals surface area contributed by atoms with Gasteiger partial charge in [-0.2, -0.15) is 5.10 Å². The van der Waals surface area contributed by atoms with Gasteiger partial charge in [-0.15, -0.1) is 0 Å². The highest BCUT2D eigenvalue weighted by Gasteiger charge is 2.18. The van der Waals surface area contributed by atoms with Crippen LogP contribution in [-0.2, 0) is 7.05 Å². The number of ether oxygens (including phenoxy) is 1. The van der Waals surface area contributed by atoms with E-state index in [1.807, 2.05) is 43.8 Å². The molecule has 0 radical (unpaired) electrons. The zero-order chi connectivity index (χ0) is 21.0. The highest BCUT2D eigenvalue weighted by atomic mass is 16.5. The third-order valence-corrected chi connectivity index (χ3v) is 4.51. The summed E-state index contributed by atoms with van der Waals surface area (Å²) in [4.78, 5) is 13.2. The molecule has 3 heterocycles. The molecule has 3 rings (SSSR count). The summed E-state index contributed by atoms with van der Waals surface area (Å²) in [5, 5.41) is 10.3. The van der Waals surface area contributed by atoms with Crippen molar-refractivity contribution in [1.29, 1.82) is 0 Å². The molecular formula is C21H25N7O. The van der Waals surface area contributed by atoms with Crippen molar-refractivity contribution in [3.8, 4) is 17.0 Å². The number of hydrogen-bond donors (Lipinski definition) is 2. The number of allylic oxidation sites excluding steroid dienone is 1. The fourth-order valence-electron chi connectivity index (χ4n) is 3.17. The quantitative estimate of drug-likeness (QED) is 0.498. The van der Waals surface area contributed by atoms with Gasteiger partial charge in [0.2, 0.25) is 0 Å². The van der Waals surface area contributed by atoms with E-state index >= 15 is 0 Å². The van der Waals surface area contributed by atoms with Crippen LogP contribution in [0.4, 0.5) is 5.82 Å². The third kappa shape index (κ3) is 4.26. The van der Waals surface area contributed by atoms with Crippen molar-refractivity contribution in [3.05, 3.63) is 59.8 Å². The molecule has 0 unspecified atom stereocenters. The Morgan fingerprint density at radius 3 is 2.79 bits per heavy atom. The van der Waals surface area contributed by atoms with Crippen LogP contribution in [0, 0.1) is 13.8 Å².